The lowest BCUT2D eigenvalue weighted by molar-refractivity contribution is 0.0215. The van der Waals surface area contributed by atoms with Gasteiger partial charge in [-0.15, -0.1) is 0 Å². The first-order valence-corrected chi connectivity index (χ1v) is 17.2. The summed E-state index contributed by atoms with van der Waals surface area (Å²) in [7, 11) is -9.62. The minimum absolute atomic E-state index is 0.100. The summed E-state index contributed by atoms with van der Waals surface area (Å²) in [6.45, 7) is 9.53. The Balaban J connectivity index is 2.36. The van der Waals surface area contributed by atoms with E-state index in [1.165, 1.54) is 56.9 Å². The van der Waals surface area contributed by atoms with Gasteiger partial charge in [0.05, 0.1) is 26.4 Å². The zero-order valence-corrected chi connectivity index (χ0v) is 27.8. The summed E-state index contributed by atoms with van der Waals surface area (Å²) in [5.41, 5.74) is -9.06. The highest BCUT2D eigenvalue weighted by atomic mass is 31.2. The molecule has 0 heterocycles. The smallest absolute Gasteiger partial charge is 0.410 e. The summed E-state index contributed by atoms with van der Waals surface area (Å²) in [5.74, 6) is 0. The highest BCUT2D eigenvalue weighted by Crippen LogP contribution is 2.67. The summed E-state index contributed by atoms with van der Waals surface area (Å²) in [6, 6.07) is 9.63. The number of carbonyl (C=O) groups excluding carboxylic acids is 1. The topological polar surface area (TPSA) is 101 Å². The van der Waals surface area contributed by atoms with Crippen molar-refractivity contribution in [1.29, 1.82) is 0 Å². The van der Waals surface area contributed by atoms with E-state index < -0.39 is 49.3 Å². The van der Waals surface area contributed by atoms with Crippen LogP contribution in [0.15, 0.2) is 48.5 Å². The van der Waals surface area contributed by atoms with E-state index in [2.05, 4.69) is 0 Å². The van der Waals surface area contributed by atoms with Crippen LogP contribution in [0.4, 0.5) is 22.4 Å². The second-order valence-corrected chi connectivity index (χ2v) is 14.6. The van der Waals surface area contributed by atoms with Crippen LogP contribution in [0.2, 0.25) is 0 Å². The highest BCUT2D eigenvalue weighted by Gasteiger charge is 2.55. The molecule has 0 bridgehead atoms. The number of rotatable bonds is 16. The van der Waals surface area contributed by atoms with E-state index in [0.29, 0.717) is 11.1 Å². The van der Waals surface area contributed by atoms with Crippen LogP contribution in [0.3, 0.4) is 0 Å². The molecule has 2 aromatic rings. The van der Waals surface area contributed by atoms with Crippen LogP contribution in [0.1, 0.15) is 70.7 Å². The monoisotopic (exact) mass is 669 g/mol. The molecule has 0 N–H and O–H groups in total. The predicted molar refractivity (Wildman–Crippen MR) is 158 cm³/mol. The molecule has 0 aliphatic rings. The van der Waals surface area contributed by atoms with Gasteiger partial charge in [0.25, 0.3) is 0 Å². The molecule has 9 nitrogen and oxygen atoms in total. The maximum absolute atomic E-state index is 15.2. The molecule has 2 rings (SSSR count). The first-order valence-electron chi connectivity index (χ1n) is 14.1. The molecule has 0 atom stereocenters. The molecule has 0 aliphatic carbocycles. The van der Waals surface area contributed by atoms with Crippen LogP contribution >= 0.6 is 15.2 Å². The van der Waals surface area contributed by atoms with Crippen molar-refractivity contribution in [3.8, 4) is 0 Å². The van der Waals surface area contributed by atoms with Gasteiger partial charge in [0.1, 0.15) is 5.60 Å². The molecule has 0 aromatic heterocycles. The molecule has 15 heteroatoms. The van der Waals surface area contributed by atoms with Crippen molar-refractivity contribution in [2.45, 2.75) is 78.5 Å². The quantitative estimate of drug-likeness (QED) is 0.129. The number of nitrogens with zero attached hydrogens (tertiary/aromatic N) is 1. The Morgan fingerprint density at radius 3 is 1.18 bits per heavy atom. The van der Waals surface area contributed by atoms with Crippen molar-refractivity contribution in [3.05, 3.63) is 70.8 Å². The fraction of sp³-hybridized carbons (Fsp3) is 0.552. The molecule has 0 saturated heterocycles. The van der Waals surface area contributed by atoms with Gasteiger partial charge in [-0.05, 0) is 59.6 Å². The van der Waals surface area contributed by atoms with Gasteiger partial charge in [0.15, 0.2) is 0 Å². The van der Waals surface area contributed by atoms with E-state index in [1.54, 1.807) is 20.8 Å². The van der Waals surface area contributed by atoms with E-state index in [4.69, 9.17) is 22.8 Å². The second kappa shape index (κ2) is 15.3. The molecule has 0 radical (unpaired) electrons. The van der Waals surface area contributed by atoms with Crippen molar-refractivity contribution < 1.29 is 54.3 Å². The Morgan fingerprint density at radius 2 is 0.932 bits per heavy atom. The summed E-state index contributed by atoms with van der Waals surface area (Å²) in [5, 5.41) is 0. The average Bonchev–Trinajstić information content (AvgIpc) is 2.93. The molecule has 248 valence electrons. The molecule has 1 amide bonds. The number of halogens is 4. The lowest BCUT2D eigenvalue weighted by Crippen LogP contribution is -2.36. The van der Waals surface area contributed by atoms with Gasteiger partial charge < -0.3 is 22.8 Å². The first kappa shape index (κ1) is 37.9. The predicted octanol–water partition coefficient (Wildman–Crippen LogP) is 9.25. The molecule has 0 saturated carbocycles. The fourth-order valence-electron chi connectivity index (χ4n) is 3.97. The molecule has 0 fully saturated rings. The Morgan fingerprint density at radius 1 is 0.636 bits per heavy atom. The Labute approximate surface area is 256 Å². The zero-order chi connectivity index (χ0) is 33.4. The third kappa shape index (κ3) is 9.14. The Bertz CT molecular complexity index is 1210. The van der Waals surface area contributed by atoms with Gasteiger partial charge in [0, 0.05) is 24.2 Å². The number of amides is 1. The van der Waals surface area contributed by atoms with Crippen molar-refractivity contribution in [2.24, 2.45) is 0 Å². The first-order chi connectivity index (χ1) is 20.4. The van der Waals surface area contributed by atoms with Crippen LogP contribution in [-0.4, -0.2) is 43.0 Å². The minimum atomic E-state index is -4.81. The maximum atomic E-state index is 15.2. The average molecular weight is 670 g/mol. The molecular formula is C29H41F4NO8P2. The lowest BCUT2D eigenvalue weighted by Gasteiger charge is -2.28. The molecule has 0 spiro atoms. The fourth-order valence-corrected chi connectivity index (χ4v) is 7.06. The second-order valence-electron chi connectivity index (χ2n) is 10.5. The van der Waals surface area contributed by atoms with Crippen molar-refractivity contribution in [1.82, 2.24) is 4.90 Å². The summed E-state index contributed by atoms with van der Waals surface area (Å²) in [6.07, 6.45) is -0.740. The van der Waals surface area contributed by atoms with Gasteiger partial charge in [-0.3, -0.25) is 14.0 Å². The summed E-state index contributed by atoms with van der Waals surface area (Å²) in [4.78, 5) is 14.4. The Hall–Kier alpha value is -2.27. The summed E-state index contributed by atoms with van der Waals surface area (Å²) < 4.78 is 111. The number of hydrogen-bond acceptors (Lipinski definition) is 8. The molecule has 0 aliphatic heterocycles. The number of ether oxygens (including phenoxy) is 1. The third-order valence-corrected chi connectivity index (χ3v) is 10.2. The lowest BCUT2D eigenvalue weighted by atomic mass is 10.1. The van der Waals surface area contributed by atoms with Gasteiger partial charge in [-0.2, -0.15) is 17.6 Å². The molecule has 0 unspecified atom stereocenters. The zero-order valence-electron chi connectivity index (χ0n) is 26.0. The highest BCUT2D eigenvalue weighted by molar-refractivity contribution is 7.55. The van der Waals surface area contributed by atoms with Gasteiger partial charge in [-0.25, -0.2) is 4.79 Å². The molecule has 44 heavy (non-hydrogen) atoms. The van der Waals surface area contributed by atoms with E-state index in [9.17, 15) is 13.9 Å². The van der Waals surface area contributed by atoms with E-state index >= 15 is 17.6 Å². The SMILES string of the molecule is CCOP(=O)(OCC)C(F)(F)c1ccc(CN(Cc2ccc(C(F)(F)P(=O)(OCC)OCC)cc2)C(=O)OC(C)(C)C)cc1. The Kier molecular flexibility index (Phi) is 13.2. The van der Waals surface area contributed by atoms with Crippen LogP contribution in [0.25, 0.3) is 0 Å². The van der Waals surface area contributed by atoms with Crippen molar-refractivity contribution in [2.75, 3.05) is 26.4 Å². The third-order valence-electron chi connectivity index (χ3n) is 5.89. The minimum Gasteiger partial charge on any atom is -0.444 e. The molecular weight excluding hydrogens is 628 g/mol. The number of carbonyl (C=O) groups is 1. The number of benzene rings is 2. The number of hydrogen-bond donors (Lipinski definition) is 0. The van der Waals surface area contributed by atoms with Crippen molar-refractivity contribution in [3.63, 3.8) is 0 Å². The van der Waals surface area contributed by atoms with Gasteiger partial charge in [-0.1, -0.05) is 48.5 Å². The van der Waals surface area contributed by atoms with Crippen molar-refractivity contribution >= 4 is 21.3 Å². The molecule has 2 aromatic carbocycles. The van der Waals surface area contributed by atoms with E-state index in [0.717, 1.165) is 24.3 Å². The van der Waals surface area contributed by atoms with Crippen LogP contribution in [0.5, 0.6) is 0 Å². The van der Waals surface area contributed by atoms with Gasteiger partial charge in [0.2, 0.25) is 0 Å². The number of alkyl halides is 4. The maximum Gasteiger partial charge on any atom is 0.410 e. The van der Waals surface area contributed by atoms with Crippen LogP contribution in [-0.2, 0) is 56.4 Å². The normalized spacial score (nSPS) is 13.2. The van der Waals surface area contributed by atoms with Crippen LogP contribution < -0.4 is 0 Å². The largest absolute Gasteiger partial charge is 0.444 e. The van der Waals surface area contributed by atoms with E-state index in [1.807, 2.05) is 0 Å². The summed E-state index contributed by atoms with van der Waals surface area (Å²) >= 11 is 0. The van der Waals surface area contributed by atoms with E-state index in [-0.39, 0.29) is 39.5 Å². The van der Waals surface area contributed by atoms with Crippen LogP contribution in [0, 0.1) is 0 Å². The standard InChI is InChI=1S/C29H41F4NO8P2/c1-8-38-43(36,39-9-2)28(30,31)24-16-12-22(13-17-24)20-34(26(35)42-27(5,6)7)21-23-14-18-25(19-15-23)29(32,33)44(37,40-10-3)41-11-4/h12-19H,8-11,20-21H2,1-7H3. The van der Waals surface area contributed by atoms with Gasteiger partial charge >= 0.3 is 32.6 Å².